The smallest absolute Gasteiger partial charge is 0.325 e. The molecule has 4 aromatic carbocycles. The van der Waals surface area contributed by atoms with E-state index in [1.807, 2.05) is 54.6 Å². The van der Waals surface area contributed by atoms with Gasteiger partial charge in [0.2, 0.25) is 0 Å². The predicted octanol–water partition coefficient (Wildman–Crippen LogP) is 5.71. The van der Waals surface area contributed by atoms with E-state index in [4.69, 9.17) is 4.74 Å². The number of ether oxygens (including phenoxy) is 1. The number of rotatable bonds is 4. The molecule has 1 N–H and O–H groups in total. The monoisotopic (exact) mass is 446 g/mol. The summed E-state index contributed by atoms with van der Waals surface area (Å²) in [6.07, 6.45) is 0. The van der Waals surface area contributed by atoms with Crippen LogP contribution in [0.15, 0.2) is 91.0 Å². The molecule has 0 fully saturated rings. The first kappa shape index (κ1) is 20.2. The Morgan fingerprint density at radius 2 is 1.65 bits per heavy atom. The van der Waals surface area contributed by atoms with Gasteiger partial charge in [0, 0.05) is 22.0 Å². The van der Waals surface area contributed by atoms with E-state index in [-0.39, 0.29) is 12.5 Å². The third kappa shape index (κ3) is 3.09. The Bertz CT molecular complexity index is 1580. The van der Waals surface area contributed by atoms with Crippen LogP contribution in [0.2, 0.25) is 0 Å². The minimum Gasteiger partial charge on any atom is -0.468 e. The summed E-state index contributed by atoms with van der Waals surface area (Å²) in [5.74, 6) is -0.612. The Hall–Kier alpha value is -4.38. The first-order valence-electron chi connectivity index (χ1n) is 11.2. The fourth-order valence-corrected chi connectivity index (χ4v) is 5.07. The molecular weight excluding hydrogens is 424 g/mol. The number of methoxy groups -OCH3 is 1. The van der Waals surface area contributed by atoms with Crippen molar-refractivity contribution < 1.29 is 14.3 Å². The van der Waals surface area contributed by atoms with Crippen molar-refractivity contribution in [3.63, 3.8) is 0 Å². The molecule has 2 heterocycles. The number of fused-ring (bicyclic) bond motifs is 3. The number of hydrogen-bond donors (Lipinski definition) is 1. The first-order chi connectivity index (χ1) is 16.7. The number of aromatic amines is 1. The van der Waals surface area contributed by atoms with E-state index in [1.165, 1.54) is 7.11 Å². The zero-order chi connectivity index (χ0) is 23.2. The summed E-state index contributed by atoms with van der Waals surface area (Å²) in [5.41, 5.74) is 5.44. The summed E-state index contributed by atoms with van der Waals surface area (Å²) in [7, 11) is 1.34. The summed E-state index contributed by atoms with van der Waals surface area (Å²) < 4.78 is 4.93. The molecule has 0 saturated carbocycles. The third-order valence-electron chi connectivity index (χ3n) is 6.64. The lowest BCUT2D eigenvalue weighted by Gasteiger charge is -2.25. The Labute approximate surface area is 196 Å². The lowest BCUT2D eigenvalue weighted by atomic mass is 9.92. The molecule has 0 aliphatic carbocycles. The van der Waals surface area contributed by atoms with Crippen molar-refractivity contribution in [2.45, 2.75) is 6.04 Å². The van der Waals surface area contributed by atoms with Crippen LogP contribution in [0.1, 0.15) is 27.5 Å². The zero-order valence-electron chi connectivity index (χ0n) is 18.6. The van der Waals surface area contributed by atoms with Crippen LogP contribution in [0.25, 0.3) is 32.9 Å². The quantitative estimate of drug-likeness (QED) is 0.360. The molecule has 6 rings (SSSR count). The molecule has 1 aliphatic heterocycles. The van der Waals surface area contributed by atoms with Gasteiger partial charge in [-0.3, -0.25) is 9.59 Å². The van der Waals surface area contributed by atoms with E-state index >= 15 is 0 Å². The van der Waals surface area contributed by atoms with Gasteiger partial charge in [0.05, 0.1) is 18.8 Å². The standard InChI is InChI=1S/C29H22N2O3/c1-34-25(32)17-31-28(21-10-4-5-11-22(21)29(31)33)26-23-12-6-7-13-24(23)30-27(26)20-15-14-18-8-2-3-9-19(18)16-20/h2-16,28,30H,17H2,1H3/t28-/m0/s1. The van der Waals surface area contributed by atoms with Crippen LogP contribution in [-0.4, -0.2) is 35.4 Å². The van der Waals surface area contributed by atoms with Gasteiger partial charge in [-0.15, -0.1) is 0 Å². The van der Waals surface area contributed by atoms with Gasteiger partial charge in [0.25, 0.3) is 5.91 Å². The SMILES string of the molecule is COC(=O)CN1C(=O)c2ccccc2[C@H]1c1c(-c2ccc3ccccc3c2)[nH]c2ccccc12. The largest absolute Gasteiger partial charge is 0.468 e. The maximum absolute atomic E-state index is 13.4. The van der Waals surface area contributed by atoms with Crippen LogP contribution in [0.5, 0.6) is 0 Å². The normalized spacial score (nSPS) is 15.1. The Balaban J connectivity index is 1.62. The molecule has 0 saturated heterocycles. The molecule has 1 atom stereocenters. The average molecular weight is 447 g/mol. The number of esters is 1. The van der Waals surface area contributed by atoms with Gasteiger partial charge in [0.15, 0.2) is 0 Å². The summed E-state index contributed by atoms with van der Waals surface area (Å²) in [6.45, 7) is -0.120. The highest BCUT2D eigenvalue weighted by atomic mass is 16.5. The topological polar surface area (TPSA) is 62.4 Å². The van der Waals surface area contributed by atoms with Gasteiger partial charge < -0.3 is 14.6 Å². The van der Waals surface area contributed by atoms with E-state index < -0.39 is 12.0 Å². The van der Waals surface area contributed by atoms with Crippen molar-refractivity contribution in [3.05, 3.63) is 108 Å². The number of para-hydroxylation sites is 1. The molecular formula is C29H22N2O3. The molecule has 0 unspecified atom stereocenters. The fraction of sp³-hybridized carbons (Fsp3) is 0.103. The minimum atomic E-state index is -0.446. The van der Waals surface area contributed by atoms with Crippen molar-refractivity contribution in [1.82, 2.24) is 9.88 Å². The molecule has 0 radical (unpaired) electrons. The lowest BCUT2D eigenvalue weighted by Crippen LogP contribution is -2.34. The molecule has 1 aromatic heterocycles. The Morgan fingerprint density at radius 1 is 0.912 bits per heavy atom. The van der Waals surface area contributed by atoms with E-state index in [1.54, 1.807) is 4.90 Å². The molecule has 5 nitrogen and oxygen atoms in total. The summed E-state index contributed by atoms with van der Waals surface area (Å²) in [6, 6.07) is 29.9. The number of carbonyl (C=O) groups is 2. The second-order valence-corrected chi connectivity index (χ2v) is 8.52. The summed E-state index contributed by atoms with van der Waals surface area (Å²) >= 11 is 0. The zero-order valence-corrected chi connectivity index (χ0v) is 18.6. The number of nitrogens with one attached hydrogen (secondary N) is 1. The van der Waals surface area contributed by atoms with Crippen LogP contribution < -0.4 is 0 Å². The van der Waals surface area contributed by atoms with E-state index in [2.05, 4.69) is 41.4 Å². The predicted molar refractivity (Wildman–Crippen MR) is 133 cm³/mol. The fourth-order valence-electron chi connectivity index (χ4n) is 5.07. The Morgan fingerprint density at radius 3 is 2.50 bits per heavy atom. The van der Waals surface area contributed by atoms with Crippen LogP contribution in [-0.2, 0) is 9.53 Å². The van der Waals surface area contributed by atoms with Crippen LogP contribution in [0.3, 0.4) is 0 Å². The van der Waals surface area contributed by atoms with Crippen molar-refractivity contribution >= 4 is 33.6 Å². The average Bonchev–Trinajstić information content (AvgIpc) is 3.39. The number of hydrogen-bond acceptors (Lipinski definition) is 3. The maximum Gasteiger partial charge on any atom is 0.325 e. The van der Waals surface area contributed by atoms with Crippen LogP contribution in [0.4, 0.5) is 0 Å². The van der Waals surface area contributed by atoms with Gasteiger partial charge in [-0.05, 0) is 40.1 Å². The number of aromatic nitrogens is 1. The molecule has 0 bridgehead atoms. The number of amides is 1. The first-order valence-corrected chi connectivity index (χ1v) is 11.2. The summed E-state index contributed by atoms with van der Waals surface area (Å²) in [4.78, 5) is 31.0. The van der Waals surface area contributed by atoms with Crippen molar-refractivity contribution in [2.75, 3.05) is 13.7 Å². The summed E-state index contributed by atoms with van der Waals surface area (Å²) in [5, 5.41) is 3.33. The maximum atomic E-state index is 13.4. The lowest BCUT2D eigenvalue weighted by molar-refractivity contribution is -0.141. The molecule has 0 spiro atoms. The molecule has 166 valence electrons. The van der Waals surface area contributed by atoms with Crippen molar-refractivity contribution in [1.29, 1.82) is 0 Å². The molecule has 5 heteroatoms. The molecule has 1 amide bonds. The van der Waals surface area contributed by atoms with Gasteiger partial charge in [-0.2, -0.15) is 0 Å². The van der Waals surface area contributed by atoms with Gasteiger partial charge in [0.1, 0.15) is 6.54 Å². The highest BCUT2D eigenvalue weighted by molar-refractivity contribution is 6.03. The van der Waals surface area contributed by atoms with Gasteiger partial charge in [-0.25, -0.2) is 0 Å². The van der Waals surface area contributed by atoms with Crippen molar-refractivity contribution in [3.8, 4) is 11.3 Å². The number of benzene rings is 4. The number of carbonyl (C=O) groups excluding carboxylic acids is 2. The number of H-pyrrole nitrogens is 1. The second kappa shape index (κ2) is 7.89. The van der Waals surface area contributed by atoms with Gasteiger partial charge in [-0.1, -0.05) is 72.8 Å². The molecule has 34 heavy (non-hydrogen) atoms. The van der Waals surface area contributed by atoms with E-state index in [9.17, 15) is 9.59 Å². The van der Waals surface area contributed by atoms with E-state index in [0.717, 1.165) is 44.1 Å². The highest BCUT2D eigenvalue weighted by Gasteiger charge is 2.41. The van der Waals surface area contributed by atoms with Crippen molar-refractivity contribution in [2.24, 2.45) is 0 Å². The second-order valence-electron chi connectivity index (χ2n) is 8.52. The van der Waals surface area contributed by atoms with Crippen LogP contribution >= 0.6 is 0 Å². The highest BCUT2D eigenvalue weighted by Crippen LogP contribution is 2.45. The Kier molecular flexibility index (Phi) is 4.69. The third-order valence-corrected chi connectivity index (χ3v) is 6.64. The van der Waals surface area contributed by atoms with E-state index in [0.29, 0.717) is 5.56 Å². The van der Waals surface area contributed by atoms with Gasteiger partial charge >= 0.3 is 5.97 Å². The van der Waals surface area contributed by atoms with Crippen LogP contribution in [0, 0.1) is 0 Å². The molecule has 1 aliphatic rings. The minimum absolute atomic E-state index is 0.120. The number of nitrogens with zero attached hydrogens (tertiary/aromatic N) is 1. The molecule has 5 aromatic rings.